The van der Waals surface area contributed by atoms with Gasteiger partial charge in [-0.2, -0.15) is 0 Å². The molecule has 28 heavy (non-hydrogen) atoms. The lowest BCUT2D eigenvalue weighted by molar-refractivity contribution is -0.124. The molecule has 0 saturated heterocycles. The predicted molar refractivity (Wildman–Crippen MR) is 112 cm³/mol. The number of aromatic amines is 1. The van der Waals surface area contributed by atoms with Crippen molar-refractivity contribution in [3.8, 4) is 11.3 Å². The van der Waals surface area contributed by atoms with Crippen LogP contribution in [0.2, 0.25) is 0 Å². The van der Waals surface area contributed by atoms with Crippen molar-refractivity contribution in [2.24, 2.45) is 0 Å². The summed E-state index contributed by atoms with van der Waals surface area (Å²) < 4.78 is 1.80. The number of amides is 1. The molecule has 0 fully saturated rings. The molecule has 142 valence electrons. The van der Waals surface area contributed by atoms with E-state index in [4.69, 9.17) is 0 Å². The second kappa shape index (κ2) is 7.35. The lowest BCUT2D eigenvalue weighted by Gasteiger charge is -2.14. The number of carbonyl (C=O) groups excluding carboxylic acids is 1. The van der Waals surface area contributed by atoms with Gasteiger partial charge in [0.05, 0.1) is 11.8 Å². The van der Waals surface area contributed by atoms with Gasteiger partial charge in [0.25, 0.3) is 0 Å². The van der Waals surface area contributed by atoms with Crippen LogP contribution in [0.5, 0.6) is 0 Å². The van der Waals surface area contributed by atoms with Crippen molar-refractivity contribution in [3.63, 3.8) is 0 Å². The Balaban J connectivity index is 1.65. The standard InChI is InChI=1S/C23H24N4O/c1-15-11-19(13-25-23(28)17(3)27-10-9-24-14-27)22-20(12-15)16(2)21(26-22)18-7-5-4-6-8-18/h4-12,14,17,26H,13H2,1-3H3,(H,25,28)/t17-/m0/s1. The number of benzene rings is 2. The smallest absolute Gasteiger partial charge is 0.243 e. The normalized spacial score (nSPS) is 12.2. The fourth-order valence-corrected chi connectivity index (χ4v) is 3.66. The SMILES string of the molecule is Cc1cc(CNC(=O)[C@H](C)n2ccnc2)c2[nH]c(-c3ccccc3)c(C)c2c1. The van der Waals surface area contributed by atoms with Crippen molar-refractivity contribution in [2.45, 2.75) is 33.4 Å². The van der Waals surface area contributed by atoms with Crippen LogP contribution >= 0.6 is 0 Å². The highest BCUT2D eigenvalue weighted by molar-refractivity contribution is 5.93. The molecule has 5 heteroatoms. The molecule has 1 atom stereocenters. The maximum absolute atomic E-state index is 12.6. The van der Waals surface area contributed by atoms with Crippen LogP contribution in [0, 0.1) is 13.8 Å². The van der Waals surface area contributed by atoms with Crippen LogP contribution in [0.3, 0.4) is 0 Å². The van der Waals surface area contributed by atoms with Gasteiger partial charge in [-0.05, 0) is 43.5 Å². The average molecular weight is 372 g/mol. The number of fused-ring (bicyclic) bond motifs is 1. The van der Waals surface area contributed by atoms with Gasteiger partial charge in [0.1, 0.15) is 6.04 Å². The molecule has 4 aromatic rings. The molecule has 4 rings (SSSR count). The zero-order chi connectivity index (χ0) is 19.7. The van der Waals surface area contributed by atoms with Crippen LogP contribution in [0.25, 0.3) is 22.2 Å². The van der Waals surface area contributed by atoms with Gasteiger partial charge in [0.2, 0.25) is 5.91 Å². The van der Waals surface area contributed by atoms with Gasteiger partial charge in [-0.3, -0.25) is 4.79 Å². The number of hydrogen-bond donors (Lipinski definition) is 2. The molecular formula is C23H24N4O. The summed E-state index contributed by atoms with van der Waals surface area (Å²) in [4.78, 5) is 20.2. The van der Waals surface area contributed by atoms with Gasteiger partial charge in [0, 0.05) is 30.0 Å². The van der Waals surface area contributed by atoms with E-state index >= 15 is 0 Å². The van der Waals surface area contributed by atoms with Crippen molar-refractivity contribution in [3.05, 3.63) is 77.9 Å². The summed E-state index contributed by atoms with van der Waals surface area (Å²) in [6, 6.07) is 14.4. The number of H-pyrrole nitrogens is 1. The Morgan fingerprint density at radius 1 is 1.21 bits per heavy atom. The largest absolute Gasteiger partial charge is 0.354 e. The first kappa shape index (κ1) is 18.0. The second-order valence-corrected chi connectivity index (χ2v) is 7.24. The monoisotopic (exact) mass is 372 g/mol. The van der Waals surface area contributed by atoms with Crippen molar-refractivity contribution in [1.82, 2.24) is 19.9 Å². The van der Waals surface area contributed by atoms with E-state index in [9.17, 15) is 4.79 Å². The molecule has 0 saturated carbocycles. The number of hydrogen-bond acceptors (Lipinski definition) is 2. The molecule has 1 amide bonds. The van der Waals surface area contributed by atoms with Gasteiger partial charge in [-0.15, -0.1) is 0 Å². The first-order valence-electron chi connectivity index (χ1n) is 9.47. The molecule has 0 unspecified atom stereocenters. The van der Waals surface area contributed by atoms with Crippen molar-refractivity contribution >= 4 is 16.8 Å². The zero-order valence-electron chi connectivity index (χ0n) is 16.4. The summed E-state index contributed by atoms with van der Waals surface area (Å²) in [5.74, 6) is -0.0285. The van der Waals surface area contributed by atoms with Crippen LogP contribution in [0.4, 0.5) is 0 Å². The van der Waals surface area contributed by atoms with E-state index in [2.05, 4.69) is 53.4 Å². The summed E-state index contributed by atoms with van der Waals surface area (Å²) in [5, 5.41) is 4.27. The molecule has 0 aliphatic rings. The Bertz CT molecular complexity index is 1110. The van der Waals surface area contributed by atoms with Crippen LogP contribution in [0.1, 0.15) is 29.7 Å². The minimum absolute atomic E-state index is 0.0285. The Kier molecular flexibility index (Phi) is 4.74. The van der Waals surface area contributed by atoms with Crippen LogP contribution in [-0.2, 0) is 11.3 Å². The van der Waals surface area contributed by atoms with E-state index in [1.54, 1.807) is 23.3 Å². The van der Waals surface area contributed by atoms with Gasteiger partial charge >= 0.3 is 0 Å². The number of imidazole rings is 1. The van der Waals surface area contributed by atoms with E-state index in [-0.39, 0.29) is 11.9 Å². The summed E-state index contributed by atoms with van der Waals surface area (Å²) >= 11 is 0. The molecular weight excluding hydrogens is 348 g/mol. The molecule has 2 aromatic heterocycles. The highest BCUT2D eigenvalue weighted by atomic mass is 16.2. The number of aryl methyl sites for hydroxylation is 2. The molecule has 5 nitrogen and oxygen atoms in total. The van der Waals surface area contributed by atoms with Crippen molar-refractivity contribution in [1.29, 1.82) is 0 Å². The van der Waals surface area contributed by atoms with Gasteiger partial charge in [-0.25, -0.2) is 4.98 Å². The Morgan fingerprint density at radius 3 is 2.71 bits per heavy atom. The lowest BCUT2D eigenvalue weighted by atomic mass is 10.0. The maximum atomic E-state index is 12.6. The summed E-state index contributed by atoms with van der Waals surface area (Å²) in [7, 11) is 0. The average Bonchev–Trinajstić information content (AvgIpc) is 3.35. The van der Waals surface area contributed by atoms with E-state index in [0.29, 0.717) is 6.54 Å². The van der Waals surface area contributed by atoms with Crippen LogP contribution in [0.15, 0.2) is 61.2 Å². The first-order valence-corrected chi connectivity index (χ1v) is 9.47. The summed E-state index contributed by atoms with van der Waals surface area (Å²) in [6.45, 7) is 6.58. The first-order chi connectivity index (χ1) is 13.5. The number of aromatic nitrogens is 3. The van der Waals surface area contributed by atoms with Crippen molar-refractivity contribution < 1.29 is 4.79 Å². The van der Waals surface area contributed by atoms with Crippen molar-refractivity contribution in [2.75, 3.05) is 0 Å². The van der Waals surface area contributed by atoms with Crippen LogP contribution in [-0.4, -0.2) is 20.4 Å². The van der Waals surface area contributed by atoms with E-state index in [1.165, 1.54) is 16.5 Å². The molecule has 0 radical (unpaired) electrons. The number of nitrogens with one attached hydrogen (secondary N) is 2. The Hall–Kier alpha value is -3.34. The third kappa shape index (κ3) is 3.31. The fourth-order valence-electron chi connectivity index (χ4n) is 3.66. The molecule has 0 bridgehead atoms. The molecule has 0 aliphatic carbocycles. The van der Waals surface area contributed by atoms with Gasteiger partial charge < -0.3 is 14.9 Å². The number of rotatable bonds is 5. The topological polar surface area (TPSA) is 62.7 Å². The highest BCUT2D eigenvalue weighted by Gasteiger charge is 2.16. The number of carbonyl (C=O) groups is 1. The van der Waals surface area contributed by atoms with E-state index in [0.717, 1.165) is 22.3 Å². The zero-order valence-corrected chi connectivity index (χ0v) is 16.4. The number of nitrogens with zero attached hydrogens (tertiary/aromatic N) is 2. The van der Waals surface area contributed by atoms with Gasteiger partial charge in [0.15, 0.2) is 0 Å². The van der Waals surface area contributed by atoms with Crippen LogP contribution < -0.4 is 5.32 Å². The van der Waals surface area contributed by atoms with E-state index in [1.807, 2.05) is 25.1 Å². The summed E-state index contributed by atoms with van der Waals surface area (Å²) in [5.41, 5.74) is 6.87. The Morgan fingerprint density at radius 2 is 2.00 bits per heavy atom. The second-order valence-electron chi connectivity index (χ2n) is 7.24. The predicted octanol–water partition coefficient (Wildman–Crippen LogP) is 4.53. The molecule has 2 aromatic carbocycles. The minimum Gasteiger partial charge on any atom is -0.354 e. The Labute approximate surface area is 164 Å². The molecule has 2 heterocycles. The minimum atomic E-state index is -0.298. The maximum Gasteiger partial charge on any atom is 0.243 e. The molecule has 0 spiro atoms. The fraction of sp³-hybridized carbons (Fsp3) is 0.217. The summed E-state index contributed by atoms with van der Waals surface area (Å²) in [6.07, 6.45) is 5.14. The molecule has 0 aliphatic heterocycles. The third-order valence-electron chi connectivity index (χ3n) is 5.26. The third-order valence-corrected chi connectivity index (χ3v) is 5.26. The van der Waals surface area contributed by atoms with E-state index < -0.39 is 0 Å². The quantitative estimate of drug-likeness (QED) is 0.541. The molecule has 2 N–H and O–H groups in total. The highest BCUT2D eigenvalue weighted by Crippen LogP contribution is 2.32. The lowest BCUT2D eigenvalue weighted by Crippen LogP contribution is -2.30. The van der Waals surface area contributed by atoms with Gasteiger partial charge in [-0.1, -0.05) is 42.0 Å².